The van der Waals surface area contributed by atoms with Crippen molar-refractivity contribution in [3.63, 3.8) is 0 Å². The number of rotatable bonds is 3. The van der Waals surface area contributed by atoms with Gasteiger partial charge in [0.25, 0.3) is 11.5 Å². The molecule has 1 heterocycles. The molecule has 1 aliphatic rings. The van der Waals surface area contributed by atoms with E-state index in [1.54, 1.807) is 7.11 Å². The molecule has 1 atom stereocenters. The molecule has 1 aromatic rings. The van der Waals surface area contributed by atoms with E-state index >= 15 is 0 Å². The van der Waals surface area contributed by atoms with Crippen molar-refractivity contribution in [3.8, 4) is 5.75 Å². The fraction of sp³-hybridized carbons (Fsp3) is 0.353. The van der Waals surface area contributed by atoms with Crippen LogP contribution in [0.1, 0.15) is 36.2 Å². The zero-order chi connectivity index (χ0) is 18.4. The maximum absolute atomic E-state index is 12.3. The van der Waals surface area contributed by atoms with Gasteiger partial charge in [0, 0.05) is 6.04 Å². The molecule has 1 aromatic heterocycles. The summed E-state index contributed by atoms with van der Waals surface area (Å²) in [6.45, 7) is 3.95. The number of aromatic nitrogens is 2. The van der Waals surface area contributed by atoms with Gasteiger partial charge in [-0.05, 0) is 37.8 Å². The number of aromatic amines is 2. The summed E-state index contributed by atoms with van der Waals surface area (Å²) in [4.78, 5) is 39.0. The Kier molecular flexibility index (Phi) is 5.99. The second kappa shape index (κ2) is 8.18. The standard InChI is InChI=1S/C17H21N3O5/c1-10-4-3-5-11(7-9-12(25-2)8-6-10)18-15(22)13-14(21)16(23)20-17(24)19-13/h6,8-9,11,21H,1,3-5,7H2,2H3,(H,18,22)(H2,19,20,23,24)/b8-6-,12-9+/t11-/m0/s1. The maximum Gasteiger partial charge on any atom is 0.326 e. The Morgan fingerprint density at radius 3 is 2.84 bits per heavy atom. The normalized spacial score (nSPS) is 21.7. The summed E-state index contributed by atoms with van der Waals surface area (Å²) >= 11 is 0. The van der Waals surface area contributed by atoms with Crippen LogP contribution in [0.15, 0.2) is 45.7 Å². The molecule has 0 aromatic carbocycles. The summed E-state index contributed by atoms with van der Waals surface area (Å²) in [5.74, 6) is -0.888. The molecule has 0 unspecified atom stereocenters. The van der Waals surface area contributed by atoms with Crippen LogP contribution >= 0.6 is 0 Å². The molecule has 25 heavy (non-hydrogen) atoms. The van der Waals surface area contributed by atoms with E-state index in [2.05, 4.69) is 16.9 Å². The summed E-state index contributed by atoms with van der Waals surface area (Å²) in [5.41, 5.74) is -1.37. The summed E-state index contributed by atoms with van der Waals surface area (Å²) in [6.07, 6.45) is 8.29. The fourth-order valence-corrected chi connectivity index (χ4v) is 2.49. The summed E-state index contributed by atoms with van der Waals surface area (Å²) in [7, 11) is 1.55. The second-order valence-electron chi connectivity index (χ2n) is 5.73. The highest BCUT2D eigenvalue weighted by atomic mass is 16.5. The molecule has 0 saturated carbocycles. The SMILES string of the molecule is C=C1/C=C\C(OC)=C/C[C@@H](NC(=O)c2[nH]c(=O)[nH]c(=O)c2O)CCC1. The third kappa shape index (κ3) is 4.97. The van der Waals surface area contributed by atoms with Gasteiger partial charge in [0.2, 0.25) is 5.75 Å². The Bertz CT molecular complexity index is 831. The quantitative estimate of drug-likeness (QED) is 0.651. The first-order valence-corrected chi connectivity index (χ1v) is 7.87. The Labute approximate surface area is 143 Å². The van der Waals surface area contributed by atoms with Crippen molar-refractivity contribution in [3.05, 3.63) is 62.7 Å². The van der Waals surface area contributed by atoms with Crippen LogP contribution in [0.25, 0.3) is 0 Å². The van der Waals surface area contributed by atoms with Gasteiger partial charge in [0.05, 0.1) is 7.11 Å². The molecule has 0 aliphatic heterocycles. The largest absolute Gasteiger partial charge is 0.501 e. The van der Waals surface area contributed by atoms with Crippen LogP contribution in [0.5, 0.6) is 5.75 Å². The van der Waals surface area contributed by atoms with Gasteiger partial charge >= 0.3 is 5.69 Å². The van der Waals surface area contributed by atoms with E-state index < -0.39 is 28.6 Å². The molecule has 0 saturated heterocycles. The van der Waals surface area contributed by atoms with Crippen LogP contribution in [0.3, 0.4) is 0 Å². The average molecular weight is 347 g/mol. The van der Waals surface area contributed by atoms with E-state index in [1.165, 1.54) is 0 Å². The first-order valence-electron chi connectivity index (χ1n) is 7.87. The van der Waals surface area contributed by atoms with Crippen LogP contribution in [0, 0.1) is 0 Å². The van der Waals surface area contributed by atoms with Crippen molar-refractivity contribution in [2.24, 2.45) is 0 Å². The number of amides is 1. The molecule has 1 amide bonds. The predicted molar refractivity (Wildman–Crippen MR) is 92.4 cm³/mol. The lowest BCUT2D eigenvalue weighted by atomic mass is 10.0. The smallest absolute Gasteiger partial charge is 0.326 e. The minimum absolute atomic E-state index is 0.251. The number of ether oxygens (including phenoxy) is 1. The van der Waals surface area contributed by atoms with Gasteiger partial charge in [-0.25, -0.2) is 4.79 Å². The number of hydrogen-bond donors (Lipinski definition) is 4. The summed E-state index contributed by atoms with van der Waals surface area (Å²) < 4.78 is 5.25. The van der Waals surface area contributed by atoms with Crippen molar-refractivity contribution in [1.82, 2.24) is 15.3 Å². The molecule has 8 nitrogen and oxygen atoms in total. The van der Waals surface area contributed by atoms with Gasteiger partial charge in [-0.3, -0.25) is 19.6 Å². The maximum atomic E-state index is 12.3. The molecule has 4 N–H and O–H groups in total. The van der Waals surface area contributed by atoms with E-state index in [-0.39, 0.29) is 6.04 Å². The molecule has 2 rings (SSSR count). The Hall–Kier alpha value is -3.03. The van der Waals surface area contributed by atoms with Crippen LogP contribution in [0.2, 0.25) is 0 Å². The monoisotopic (exact) mass is 347 g/mol. The first kappa shape index (κ1) is 18.3. The summed E-state index contributed by atoms with van der Waals surface area (Å²) in [5, 5.41) is 12.4. The molecule has 0 fully saturated rings. The topological polar surface area (TPSA) is 124 Å². The molecule has 134 valence electrons. The number of carbonyl (C=O) groups is 1. The van der Waals surface area contributed by atoms with Gasteiger partial charge < -0.3 is 15.2 Å². The number of allylic oxidation sites excluding steroid dienone is 3. The minimum Gasteiger partial charge on any atom is -0.501 e. The highest BCUT2D eigenvalue weighted by molar-refractivity contribution is 5.94. The van der Waals surface area contributed by atoms with Gasteiger partial charge in [-0.15, -0.1) is 0 Å². The molecular weight excluding hydrogens is 326 g/mol. The zero-order valence-electron chi connectivity index (χ0n) is 13.9. The average Bonchev–Trinajstić information content (AvgIpc) is 2.57. The number of aromatic hydroxyl groups is 1. The Morgan fingerprint density at radius 1 is 1.36 bits per heavy atom. The molecule has 0 bridgehead atoms. The van der Waals surface area contributed by atoms with Crippen molar-refractivity contribution in [2.75, 3.05) is 7.11 Å². The second-order valence-corrected chi connectivity index (χ2v) is 5.73. The van der Waals surface area contributed by atoms with Crippen molar-refractivity contribution >= 4 is 5.91 Å². The molecule has 0 spiro atoms. The van der Waals surface area contributed by atoms with Gasteiger partial charge in [0.1, 0.15) is 5.76 Å². The van der Waals surface area contributed by atoms with E-state index in [1.807, 2.05) is 23.2 Å². The summed E-state index contributed by atoms with van der Waals surface area (Å²) in [6, 6.07) is -0.251. The number of hydrogen-bond acceptors (Lipinski definition) is 5. The predicted octanol–water partition coefficient (Wildman–Crippen LogP) is 1.08. The van der Waals surface area contributed by atoms with Crippen molar-refractivity contribution in [1.29, 1.82) is 0 Å². The van der Waals surface area contributed by atoms with E-state index in [4.69, 9.17) is 4.74 Å². The highest BCUT2D eigenvalue weighted by Gasteiger charge is 2.19. The minimum atomic E-state index is -1.01. The lowest BCUT2D eigenvalue weighted by molar-refractivity contribution is 0.0925. The molecule has 0 radical (unpaired) electrons. The van der Waals surface area contributed by atoms with Crippen molar-refractivity contribution in [2.45, 2.75) is 31.7 Å². The lowest BCUT2D eigenvalue weighted by Gasteiger charge is -2.18. The van der Waals surface area contributed by atoms with Gasteiger partial charge in [-0.2, -0.15) is 0 Å². The van der Waals surface area contributed by atoms with Gasteiger partial charge in [-0.1, -0.05) is 18.2 Å². The van der Waals surface area contributed by atoms with E-state index in [0.29, 0.717) is 18.6 Å². The van der Waals surface area contributed by atoms with E-state index in [9.17, 15) is 19.5 Å². The van der Waals surface area contributed by atoms with Crippen LogP contribution in [-0.2, 0) is 4.74 Å². The molecular formula is C17H21N3O5. The lowest BCUT2D eigenvalue weighted by Crippen LogP contribution is -2.37. The van der Waals surface area contributed by atoms with Crippen molar-refractivity contribution < 1.29 is 14.6 Å². The fourth-order valence-electron chi connectivity index (χ4n) is 2.49. The number of nitrogens with one attached hydrogen (secondary N) is 3. The molecule has 8 heteroatoms. The first-order chi connectivity index (χ1) is 11.9. The highest BCUT2D eigenvalue weighted by Crippen LogP contribution is 2.16. The van der Waals surface area contributed by atoms with Gasteiger partial charge in [0.15, 0.2) is 5.69 Å². The van der Waals surface area contributed by atoms with E-state index in [0.717, 1.165) is 18.4 Å². The number of H-pyrrole nitrogens is 2. The van der Waals surface area contributed by atoms with Crippen LogP contribution in [0.4, 0.5) is 0 Å². The third-order valence-electron chi connectivity index (χ3n) is 3.85. The number of carbonyl (C=O) groups excluding carboxylic acids is 1. The van der Waals surface area contributed by atoms with Crippen LogP contribution in [-0.4, -0.2) is 34.1 Å². The Morgan fingerprint density at radius 2 is 2.12 bits per heavy atom. The Balaban J connectivity index is 2.20. The zero-order valence-corrected chi connectivity index (χ0v) is 13.9. The third-order valence-corrected chi connectivity index (χ3v) is 3.85. The number of methoxy groups -OCH3 is 1. The molecule has 1 aliphatic carbocycles. The van der Waals surface area contributed by atoms with Crippen LogP contribution < -0.4 is 16.6 Å².